The second kappa shape index (κ2) is 8.52. The van der Waals surface area contributed by atoms with Crippen LogP contribution in [0.2, 0.25) is 0 Å². The molecule has 2 aromatic rings. The fourth-order valence-corrected chi connectivity index (χ4v) is 1.95. The lowest BCUT2D eigenvalue weighted by atomic mass is 10.2. The highest BCUT2D eigenvalue weighted by Gasteiger charge is 2.17. The molecular formula is C18H15FN2O5. The van der Waals surface area contributed by atoms with E-state index in [4.69, 9.17) is 4.74 Å². The predicted molar refractivity (Wildman–Crippen MR) is 92.7 cm³/mol. The largest absolute Gasteiger partial charge is 0.449 e. The van der Waals surface area contributed by atoms with Crippen LogP contribution in [0, 0.1) is 15.9 Å². The van der Waals surface area contributed by atoms with Gasteiger partial charge in [0.1, 0.15) is 5.82 Å². The number of esters is 1. The molecule has 0 aliphatic heterocycles. The van der Waals surface area contributed by atoms with Gasteiger partial charge in [0.2, 0.25) is 0 Å². The number of hydrogen-bond donors (Lipinski definition) is 1. The minimum atomic E-state index is -1.11. The number of nitrogens with zero attached hydrogens (tertiary/aromatic N) is 1. The molecular weight excluding hydrogens is 343 g/mol. The Hall–Kier alpha value is -3.55. The second-order valence-corrected chi connectivity index (χ2v) is 5.26. The minimum Gasteiger partial charge on any atom is -0.449 e. The summed E-state index contributed by atoms with van der Waals surface area (Å²) in [6, 6.07) is 10.9. The van der Waals surface area contributed by atoms with Gasteiger partial charge in [-0.2, -0.15) is 0 Å². The Morgan fingerprint density at radius 3 is 2.58 bits per heavy atom. The van der Waals surface area contributed by atoms with Gasteiger partial charge >= 0.3 is 5.97 Å². The van der Waals surface area contributed by atoms with Crippen LogP contribution in [0.3, 0.4) is 0 Å². The van der Waals surface area contributed by atoms with Crippen LogP contribution in [0.5, 0.6) is 0 Å². The number of halogens is 1. The van der Waals surface area contributed by atoms with Crippen LogP contribution in [-0.2, 0) is 14.3 Å². The SMILES string of the molecule is C[C@@H](OC(=O)/C=C/c1ccc(F)cc1)C(=O)Nc1cccc([N+](=O)[O-])c1. The number of amides is 1. The lowest BCUT2D eigenvalue weighted by Crippen LogP contribution is -2.29. The molecule has 0 spiro atoms. The van der Waals surface area contributed by atoms with Crippen molar-refractivity contribution in [3.63, 3.8) is 0 Å². The molecule has 0 aliphatic carbocycles. The number of carbonyl (C=O) groups is 2. The Morgan fingerprint density at radius 2 is 1.92 bits per heavy atom. The van der Waals surface area contributed by atoms with E-state index in [0.29, 0.717) is 5.56 Å². The average molecular weight is 358 g/mol. The van der Waals surface area contributed by atoms with Crippen molar-refractivity contribution in [3.8, 4) is 0 Å². The van der Waals surface area contributed by atoms with E-state index in [0.717, 1.165) is 6.08 Å². The normalized spacial score (nSPS) is 11.8. The number of ether oxygens (including phenoxy) is 1. The molecule has 0 bridgehead atoms. The Morgan fingerprint density at radius 1 is 1.23 bits per heavy atom. The third kappa shape index (κ3) is 5.52. The maximum absolute atomic E-state index is 12.8. The van der Waals surface area contributed by atoms with Gasteiger partial charge in [0.15, 0.2) is 6.10 Å². The Kier molecular flexibility index (Phi) is 6.15. The van der Waals surface area contributed by atoms with Crippen LogP contribution in [0.1, 0.15) is 12.5 Å². The Balaban J connectivity index is 1.91. The standard InChI is InChI=1S/C18H15FN2O5/c1-12(18(23)20-15-3-2-4-16(11-15)21(24)25)26-17(22)10-7-13-5-8-14(19)9-6-13/h2-12H,1H3,(H,20,23)/b10-7+/t12-/m1/s1. The first-order valence-electron chi connectivity index (χ1n) is 7.55. The van der Waals surface area contributed by atoms with E-state index in [-0.39, 0.29) is 11.4 Å². The lowest BCUT2D eigenvalue weighted by Gasteiger charge is -2.12. The molecule has 0 saturated heterocycles. The molecule has 0 fully saturated rings. The van der Waals surface area contributed by atoms with Gasteiger partial charge in [0, 0.05) is 23.9 Å². The minimum absolute atomic E-state index is 0.172. The van der Waals surface area contributed by atoms with Crippen molar-refractivity contribution >= 4 is 29.3 Å². The van der Waals surface area contributed by atoms with E-state index >= 15 is 0 Å². The quantitative estimate of drug-likeness (QED) is 0.370. The zero-order valence-electron chi connectivity index (χ0n) is 13.7. The van der Waals surface area contributed by atoms with Gasteiger partial charge < -0.3 is 10.1 Å². The molecule has 1 atom stereocenters. The van der Waals surface area contributed by atoms with E-state index in [9.17, 15) is 24.1 Å². The van der Waals surface area contributed by atoms with Crippen LogP contribution in [0.4, 0.5) is 15.8 Å². The monoisotopic (exact) mass is 358 g/mol. The fourth-order valence-electron chi connectivity index (χ4n) is 1.95. The predicted octanol–water partition coefficient (Wildman–Crippen LogP) is 3.32. The van der Waals surface area contributed by atoms with E-state index in [1.807, 2.05) is 0 Å². The molecule has 1 amide bonds. The maximum atomic E-state index is 12.8. The van der Waals surface area contributed by atoms with Gasteiger partial charge in [0.25, 0.3) is 11.6 Å². The van der Waals surface area contributed by atoms with E-state index in [1.165, 1.54) is 61.5 Å². The molecule has 0 aliphatic rings. The lowest BCUT2D eigenvalue weighted by molar-refractivity contribution is -0.384. The van der Waals surface area contributed by atoms with Gasteiger partial charge in [-0.3, -0.25) is 14.9 Å². The summed E-state index contributed by atoms with van der Waals surface area (Å²) in [4.78, 5) is 33.9. The summed E-state index contributed by atoms with van der Waals surface area (Å²) in [5.41, 5.74) is 0.640. The number of nitrogens with one attached hydrogen (secondary N) is 1. The van der Waals surface area contributed by atoms with E-state index < -0.39 is 28.7 Å². The van der Waals surface area contributed by atoms with Crippen molar-refractivity contribution in [3.05, 3.63) is 76.1 Å². The van der Waals surface area contributed by atoms with Crippen molar-refractivity contribution in [2.45, 2.75) is 13.0 Å². The number of anilines is 1. The van der Waals surface area contributed by atoms with E-state index in [1.54, 1.807) is 0 Å². The molecule has 0 heterocycles. The second-order valence-electron chi connectivity index (χ2n) is 5.26. The summed E-state index contributed by atoms with van der Waals surface area (Å²) < 4.78 is 17.8. The van der Waals surface area contributed by atoms with Gasteiger partial charge in [-0.05, 0) is 36.8 Å². The molecule has 2 aromatic carbocycles. The summed E-state index contributed by atoms with van der Waals surface area (Å²) in [5.74, 6) is -1.78. The molecule has 0 aromatic heterocycles. The molecule has 0 radical (unpaired) electrons. The summed E-state index contributed by atoms with van der Waals surface area (Å²) in [6.07, 6.45) is 1.43. The summed E-state index contributed by atoms with van der Waals surface area (Å²) >= 11 is 0. The van der Waals surface area contributed by atoms with Gasteiger partial charge in [0.05, 0.1) is 4.92 Å². The number of rotatable bonds is 6. The number of nitro groups is 1. The third-order valence-corrected chi connectivity index (χ3v) is 3.27. The summed E-state index contributed by atoms with van der Waals surface area (Å²) in [6.45, 7) is 1.37. The maximum Gasteiger partial charge on any atom is 0.331 e. The number of benzene rings is 2. The molecule has 8 heteroatoms. The number of nitro benzene ring substituents is 1. The molecule has 134 valence electrons. The van der Waals surface area contributed by atoms with Crippen LogP contribution in [-0.4, -0.2) is 22.9 Å². The van der Waals surface area contributed by atoms with Crippen LogP contribution in [0.15, 0.2) is 54.6 Å². The van der Waals surface area contributed by atoms with Gasteiger partial charge in [-0.15, -0.1) is 0 Å². The molecule has 2 rings (SSSR count). The smallest absolute Gasteiger partial charge is 0.331 e. The highest BCUT2D eigenvalue weighted by atomic mass is 19.1. The van der Waals surface area contributed by atoms with Crippen molar-refractivity contribution in [2.75, 3.05) is 5.32 Å². The van der Waals surface area contributed by atoms with Crippen molar-refractivity contribution in [2.24, 2.45) is 0 Å². The summed E-state index contributed by atoms with van der Waals surface area (Å²) in [7, 11) is 0. The zero-order chi connectivity index (χ0) is 19.1. The van der Waals surface area contributed by atoms with Crippen molar-refractivity contribution < 1.29 is 23.6 Å². The van der Waals surface area contributed by atoms with Gasteiger partial charge in [-0.1, -0.05) is 18.2 Å². The van der Waals surface area contributed by atoms with E-state index in [2.05, 4.69) is 5.32 Å². The van der Waals surface area contributed by atoms with Crippen LogP contribution in [0.25, 0.3) is 6.08 Å². The number of carbonyl (C=O) groups excluding carboxylic acids is 2. The molecule has 26 heavy (non-hydrogen) atoms. The first kappa shape index (κ1) is 18.8. The first-order valence-corrected chi connectivity index (χ1v) is 7.55. The molecule has 7 nitrogen and oxygen atoms in total. The van der Waals surface area contributed by atoms with Crippen molar-refractivity contribution in [1.29, 1.82) is 0 Å². The molecule has 1 N–H and O–H groups in total. The average Bonchev–Trinajstić information content (AvgIpc) is 2.61. The summed E-state index contributed by atoms with van der Waals surface area (Å²) in [5, 5.41) is 13.2. The zero-order valence-corrected chi connectivity index (χ0v) is 13.7. The number of hydrogen-bond acceptors (Lipinski definition) is 5. The fraction of sp³-hybridized carbons (Fsp3) is 0.111. The van der Waals surface area contributed by atoms with Crippen LogP contribution < -0.4 is 5.32 Å². The molecule has 0 unspecified atom stereocenters. The molecule has 0 saturated carbocycles. The highest BCUT2D eigenvalue weighted by molar-refractivity contribution is 5.96. The third-order valence-electron chi connectivity index (χ3n) is 3.27. The van der Waals surface area contributed by atoms with Crippen LogP contribution >= 0.6 is 0 Å². The highest BCUT2D eigenvalue weighted by Crippen LogP contribution is 2.17. The van der Waals surface area contributed by atoms with Crippen molar-refractivity contribution in [1.82, 2.24) is 0 Å². The Bertz CT molecular complexity index is 849. The first-order chi connectivity index (χ1) is 12.3. The Labute approximate surface area is 148 Å². The number of non-ortho nitro benzene ring substituents is 1. The topological polar surface area (TPSA) is 98.5 Å². The van der Waals surface area contributed by atoms with Gasteiger partial charge in [-0.25, -0.2) is 9.18 Å².